The smallest absolute Gasteiger partial charge is 0.317 e. The molecular weight excluding hydrogens is 340 g/mol. The van der Waals surface area contributed by atoms with Crippen molar-refractivity contribution in [2.45, 2.75) is 20.0 Å². The largest absolute Gasteiger partial charge is 0.465 e. The molecule has 0 saturated carbocycles. The normalized spacial score (nSPS) is 13.5. The Morgan fingerprint density at radius 2 is 1.63 bits per heavy atom. The van der Waals surface area contributed by atoms with Crippen molar-refractivity contribution in [1.29, 1.82) is 0 Å². The summed E-state index contributed by atoms with van der Waals surface area (Å²) in [5.74, 6) is -0.253. The molecule has 5 nitrogen and oxygen atoms in total. The van der Waals surface area contributed by atoms with Gasteiger partial charge in [0.1, 0.15) is 0 Å². The average molecular weight is 360 g/mol. The molecule has 0 radical (unpaired) electrons. The van der Waals surface area contributed by atoms with Crippen LogP contribution in [0, 0.1) is 0 Å². The van der Waals surface area contributed by atoms with E-state index in [4.69, 9.17) is 9.15 Å². The molecule has 2 aromatic carbocycles. The second kappa shape index (κ2) is 7.50. The summed E-state index contributed by atoms with van der Waals surface area (Å²) in [6.07, 6.45) is 1.46. The molecule has 1 aliphatic rings. The van der Waals surface area contributed by atoms with Gasteiger partial charge in [0.05, 0.1) is 12.9 Å². The van der Waals surface area contributed by atoms with Crippen molar-refractivity contribution in [3.63, 3.8) is 0 Å². The van der Waals surface area contributed by atoms with Gasteiger partial charge in [-0.1, -0.05) is 48.5 Å². The number of furan rings is 1. The lowest BCUT2D eigenvalue weighted by Crippen LogP contribution is -2.32. The first kappa shape index (κ1) is 17.1. The van der Waals surface area contributed by atoms with Crippen LogP contribution in [0.25, 0.3) is 11.1 Å². The highest BCUT2D eigenvalue weighted by atomic mass is 16.5. The molecule has 0 N–H and O–H groups in total. The van der Waals surface area contributed by atoms with Crippen LogP contribution in [-0.4, -0.2) is 23.4 Å². The summed E-state index contributed by atoms with van der Waals surface area (Å²) < 4.78 is 10.9. The minimum absolute atomic E-state index is 0.197. The SMILES string of the molecule is CCO/C(=N\C(=O)c1ccco1)N1Cc2ccccc2-c2ccccc2C1. The summed E-state index contributed by atoms with van der Waals surface area (Å²) in [6.45, 7) is 3.51. The molecule has 5 heteroatoms. The van der Waals surface area contributed by atoms with Gasteiger partial charge >= 0.3 is 5.91 Å². The first-order valence-corrected chi connectivity index (χ1v) is 8.96. The maximum atomic E-state index is 12.4. The third-order valence-corrected chi connectivity index (χ3v) is 4.52. The number of benzene rings is 2. The molecule has 0 saturated heterocycles. The van der Waals surface area contributed by atoms with Gasteiger partial charge in [-0.2, -0.15) is 4.99 Å². The maximum Gasteiger partial charge on any atom is 0.317 e. The molecule has 27 heavy (non-hydrogen) atoms. The zero-order chi connectivity index (χ0) is 18.6. The van der Waals surface area contributed by atoms with E-state index in [-0.39, 0.29) is 5.76 Å². The molecule has 3 aromatic rings. The molecule has 1 aliphatic heterocycles. The Balaban J connectivity index is 1.75. The number of hydrogen-bond donors (Lipinski definition) is 0. The third kappa shape index (κ3) is 3.49. The topological polar surface area (TPSA) is 55.0 Å². The zero-order valence-corrected chi connectivity index (χ0v) is 15.1. The lowest BCUT2D eigenvalue weighted by Gasteiger charge is -2.24. The monoisotopic (exact) mass is 360 g/mol. The van der Waals surface area contributed by atoms with Crippen molar-refractivity contribution < 1.29 is 13.9 Å². The van der Waals surface area contributed by atoms with E-state index in [1.807, 2.05) is 36.1 Å². The van der Waals surface area contributed by atoms with Crippen molar-refractivity contribution in [3.05, 3.63) is 83.8 Å². The summed E-state index contributed by atoms with van der Waals surface area (Å²) in [6, 6.07) is 20.2. The van der Waals surface area contributed by atoms with Crippen LogP contribution in [0.1, 0.15) is 28.6 Å². The predicted octanol–water partition coefficient (Wildman–Crippen LogP) is 4.50. The molecule has 0 aliphatic carbocycles. The van der Waals surface area contributed by atoms with Gasteiger partial charge in [0.2, 0.25) is 0 Å². The minimum atomic E-state index is -0.450. The molecule has 0 bridgehead atoms. The Morgan fingerprint density at radius 3 is 2.19 bits per heavy atom. The molecule has 4 rings (SSSR count). The third-order valence-electron chi connectivity index (χ3n) is 4.52. The summed E-state index contributed by atoms with van der Waals surface area (Å²) in [5, 5.41) is 0. The number of fused-ring (bicyclic) bond motifs is 3. The Morgan fingerprint density at radius 1 is 1.00 bits per heavy atom. The van der Waals surface area contributed by atoms with Gasteiger partial charge in [-0.15, -0.1) is 0 Å². The highest BCUT2D eigenvalue weighted by molar-refractivity contribution is 5.99. The minimum Gasteiger partial charge on any atom is -0.465 e. The zero-order valence-electron chi connectivity index (χ0n) is 15.1. The number of rotatable bonds is 2. The van der Waals surface area contributed by atoms with Crippen LogP contribution in [-0.2, 0) is 17.8 Å². The molecule has 0 unspecified atom stereocenters. The van der Waals surface area contributed by atoms with Crippen molar-refractivity contribution in [2.75, 3.05) is 6.61 Å². The van der Waals surface area contributed by atoms with E-state index in [0.29, 0.717) is 25.7 Å². The van der Waals surface area contributed by atoms with E-state index in [9.17, 15) is 4.79 Å². The number of aliphatic imine (C=N–C) groups is 1. The second-order valence-corrected chi connectivity index (χ2v) is 6.28. The van der Waals surface area contributed by atoms with E-state index in [0.717, 1.165) is 0 Å². The lowest BCUT2D eigenvalue weighted by molar-refractivity contribution is 0.0967. The Hall–Kier alpha value is -3.34. The lowest BCUT2D eigenvalue weighted by atomic mass is 9.97. The van der Waals surface area contributed by atoms with Gasteiger partial charge in [-0.05, 0) is 41.3 Å². The molecule has 2 heterocycles. The first-order valence-electron chi connectivity index (χ1n) is 8.96. The number of hydrogen-bond acceptors (Lipinski definition) is 3. The van der Waals surface area contributed by atoms with Gasteiger partial charge in [0.25, 0.3) is 6.02 Å². The Kier molecular flexibility index (Phi) is 4.75. The molecular formula is C22H20N2O3. The Labute approximate surface area is 157 Å². The Bertz CT molecular complexity index is 929. The fourth-order valence-electron chi connectivity index (χ4n) is 3.31. The molecule has 1 aromatic heterocycles. The number of ether oxygens (including phenoxy) is 1. The standard InChI is InChI=1S/C22H20N2O3/c1-2-26-22(23-21(25)20-12-7-13-27-20)24-14-16-8-3-5-10-18(16)19-11-6-4-9-17(19)15-24/h3-13H,2,14-15H2,1H3/b23-22-. The second-order valence-electron chi connectivity index (χ2n) is 6.28. The van der Waals surface area contributed by atoms with Gasteiger partial charge < -0.3 is 14.1 Å². The van der Waals surface area contributed by atoms with E-state index >= 15 is 0 Å². The van der Waals surface area contributed by atoms with Gasteiger partial charge in [-0.3, -0.25) is 4.79 Å². The molecule has 1 amide bonds. The van der Waals surface area contributed by atoms with Gasteiger partial charge in [0, 0.05) is 13.1 Å². The molecule has 0 atom stereocenters. The van der Waals surface area contributed by atoms with Crippen LogP contribution in [0.2, 0.25) is 0 Å². The number of carbonyl (C=O) groups is 1. The number of carbonyl (C=O) groups excluding carboxylic acids is 1. The number of nitrogens with zero attached hydrogens (tertiary/aromatic N) is 2. The van der Waals surface area contributed by atoms with Gasteiger partial charge in [0.15, 0.2) is 5.76 Å². The highest BCUT2D eigenvalue weighted by Crippen LogP contribution is 2.32. The van der Waals surface area contributed by atoms with Crippen LogP contribution in [0.4, 0.5) is 0 Å². The fourth-order valence-corrected chi connectivity index (χ4v) is 3.31. The fraction of sp³-hybridized carbons (Fsp3) is 0.182. The van der Waals surface area contributed by atoms with Crippen molar-refractivity contribution in [2.24, 2.45) is 4.99 Å². The molecule has 136 valence electrons. The summed E-state index contributed by atoms with van der Waals surface area (Å²) in [4.78, 5) is 18.6. The van der Waals surface area contributed by atoms with Crippen LogP contribution in [0.5, 0.6) is 0 Å². The van der Waals surface area contributed by atoms with Crippen molar-refractivity contribution >= 4 is 11.9 Å². The quantitative estimate of drug-likeness (QED) is 0.499. The van der Waals surface area contributed by atoms with Crippen LogP contribution >= 0.6 is 0 Å². The highest BCUT2D eigenvalue weighted by Gasteiger charge is 2.23. The number of amidine groups is 1. The van der Waals surface area contributed by atoms with E-state index < -0.39 is 5.91 Å². The van der Waals surface area contributed by atoms with Crippen molar-refractivity contribution in [3.8, 4) is 11.1 Å². The van der Waals surface area contributed by atoms with Crippen molar-refractivity contribution in [1.82, 2.24) is 4.90 Å². The van der Waals surface area contributed by atoms with E-state index in [2.05, 4.69) is 29.3 Å². The maximum absolute atomic E-state index is 12.4. The molecule has 0 fully saturated rings. The van der Waals surface area contributed by atoms with Crippen LogP contribution in [0.3, 0.4) is 0 Å². The average Bonchev–Trinajstić information content (AvgIpc) is 3.17. The summed E-state index contributed by atoms with van der Waals surface area (Å²) in [5.41, 5.74) is 4.73. The van der Waals surface area contributed by atoms with Crippen LogP contribution < -0.4 is 0 Å². The van der Waals surface area contributed by atoms with Crippen LogP contribution in [0.15, 0.2) is 76.3 Å². The predicted molar refractivity (Wildman–Crippen MR) is 103 cm³/mol. The summed E-state index contributed by atoms with van der Waals surface area (Å²) in [7, 11) is 0. The first-order chi connectivity index (χ1) is 13.3. The van der Waals surface area contributed by atoms with E-state index in [1.165, 1.54) is 28.5 Å². The van der Waals surface area contributed by atoms with E-state index in [1.54, 1.807) is 12.1 Å². The number of amides is 1. The summed E-state index contributed by atoms with van der Waals surface area (Å²) >= 11 is 0. The van der Waals surface area contributed by atoms with Gasteiger partial charge in [-0.25, -0.2) is 0 Å². The molecule has 0 spiro atoms.